The van der Waals surface area contributed by atoms with Crippen molar-refractivity contribution in [1.29, 1.82) is 5.26 Å². The van der Waals surface area contributed by atoms with Gasteiger partial charge in [-0.2, -0.15) is 5.26 Å². The van der Waals surface area contributed by atoms with Gasteiger partial charge in [0.1, 0.15) is 11.6 Å². The van der Waals surface area contributed by atoms with Crippen molar-refractivity contribution in [3.63, 3.8) is 0 Å². The van der Waals surface area contributed by atoms with E-state index < -0.39 is 10.7 Å². The number of hydrogen-bond acceptors (Lipinski definition) is 4. The molecule has 2 aromatic rings. The number of nitro groups is 1. The molecule has 0 N–H and O–H groups in total. The summed E-state index contributed by atoms with van der Waals surface area (Å²) in [4.78, 5) is 23.0. The third kappa shape index (κ3) is 3.86. The molecule has 6 heteroatoms. The Labute approximate surface area is 143 Å². The molecule has 0 aliphatic heterocycles. The average Bonchev–Trinajstić information content (AvgIpc) is 2.59. The number of ketones is 1. The number of benzene rings is 2. The van der Waals surface area contributed by atoms with Crippen molar-refractivity contribution >= 4 is 29.1 Å². The molecule has 0 bridgehead atoms. The van der Waals surface area contributed by atoms with Gasteiger partial charge in [-0.1, -0.05) is 30.7 Å². The summed E-state index contributed by atoms with van der Waals surface area (Å²) in [7, 11) is 0. The van der Waals surface area contributed by atoms with Gasteiger partial charge in [0.15, 0.2) is 0 Å². The van der Waals surface area contributed by atoms with Crippen LogP contribution in [0, 0.1) is 21.4 Å². The molecule has 0 saturated carbocycles. The first-order valence-electron chi connectivity index (χ1n) is 7.15. The third-order valence-corrected chi connectivity index (χ3v) is 3.72. The first kappa shape index (κ1) is 17.4. The van der Waals surface area contributed by atoms with Crippen molar-refractivity contribution in [1.82, 2.24) is 0 Å². The molecule has 0 aliphatic carbocycles. The quantitative estimate of drug-likeness (QED) is 0.262. The lowest BCUT2D eigenvalue weighted by molar-refractivity contribution is -0.385. The molecule has 0 amide bonds. The summed E-state index contributed by atoms with van der Waals surface area (Å²) < 4.78 is 0. The fourth-order valence-corrected chi connectivity index (χ4v) is 2.34. The Morgan fingerprint density at radius 3 is 2.50 bits per heavy atom. The number of halogens is 1. The Morgan fingerprint density at radius 2 is 1.96 bits per heavy atom. The molecular weight excluding hydrogens is 328 g/mol. The van der Waals surface area contributed by atoms with Gasteiger partial charge in [0.2, 0.25) is 5.78 Å². The zero-order valence-electron chi connectivity index (χ0n) is 12.8. The lowest BCUT2D eigenvalue weighted by Crippen LogP contribution is -2.02. The van der Waals surface area contributed by atoms with E-state index in [1.54, 1.807) is 24.3 Å². The van der Waals surface area contributed by atoms with Crippen LogP contribution in [-0.4, -0.2) is 10.7 Å². The topological polar surface area (TPSA) is 84.0 Å². The summed E-state index contributed by atoms with van der Waals surface area (Å²) in [5, 5.41) is 20.9. The lowest BCUT2D eigenvalue weighted by atomic mass is 10.0. The molecule has 0 unspecified atom stereocenters. The standard InChI is InChI=1S/C18H13ClN2O3/c1-2-13-4-3-12(10-17(13)21(23)24)9-15(11-20)18(22)14-5-7-16(19)8-6-14/h3-10H,2H2,1H3/b15-9+. The number of carbonyl (C=O) groups is 1. The monoisotopic (exact) mass is 340 g/mol. The Hall–Kier alpha value is -2.97. The largest absolute Gasteiger partial charge is 0.288 e. The summed E-state index contributed by atoms with van der Waals surface area (Å²) in [5.41, 5.74) is 1.22. The Bertz CT molecular complexity index is 865. The van der Waals surface area contributed by atoms with Gasteiger partial charge in [0, 0.05) is 22.2 Å². The number of aryl methyl sites for hydroxylation is 1. The van der Waals surface area contributed by atoms with Crippen LogP contribution in [0.4, 0.5) is 5.69 Å². The van der Waals surface area contributed by atoms with E-state index in [-0.39, 0.29) is 11.3 Å². The van der Waals surface area contributed by atoms with E-state index in [0.29, 0.717) is 28.1 Å². The van der Waals surface area contributed by atoms with Gasteiger partial charge in [0.05, 0.1) is 4.92 Å². The van der Waals surface area contributed by atoms with Crippen LogP contribution in [0.25, 0.3) is 6.08 Å². The highest BCUT2D eigenvalue weighted by molar-refractivity contribution is 6.30. The highest BCUT2D eigenvalue weighted by Gasteiger charge is 2.15. The minimum absolute atomic E-state index is 0.0255. The number of nitro benzene ring substituents is 1. The number of Topliss-reactive ketones (excluding diaryl/α,β-unsaturated/α-hetero) is 1. The summed E-state index contributed by atoms with van der Waals surface area (Å²) >= 11 is 5.78. The van der Waals surface area contributed by atoms with E-state index in [4.69, 9.17) is 11.6 Å². The zero-order chi connectivity index (χ0) is 17.7. The van der Waals surface area contributed by atoms with Crippen LogP contribution >= 0.6 is 11.6 Å². The van der Waals surface area contributed by atoms with Crippen LogP contribution in [-0.2, 0) is 6.42 Å². The van der Waals surface area contributed by atoms with E-state index >= 15 is 0 Å². The summed E-state index contributed by atoms with van der Waals surface area (Å²) in [6.45, 7) is 1.82. The van der Waals surface area contributed by atoms with Crippen LogP contribution in [0.1, 0.15) is 28.4 Å². The van der Waals surface area contributed by atoms with Gasteiger partial charge in [0.25, 0.3) is 5.69 Å². The fourth-order valence-electron chi connectivity index (χ4n) is 2.21. The molecule has 2 rings (SSSR count). The summed E-state index contributed by atoms with van der Waals surface area (Å²) in [6, 6.07) is 12.7. The Morgan fingerprint density at radius 1 is 1.29 bits per heavy atom. The Balaban J connectivity index is 2.42. The van der Waals surface area contributed by atoms with Crippen molar-refractivity contribution in [2.75, 3.05) is 0 Å². The molecule has 0 heterocycles. The summed E-state index contributed by atoms with van der Waals surface area (Å²) in [6.07, 6.45) is 1.87. The van der Waals surface area contributed by atoms with Gasteiger partial charge in [-0.05, 0) is 42.3 Å². The third-order valence-electron chi connectivity index (χ3n) is 3.47. The number of allylic oxidation sites excluding steroid dienone is 1. The van der Waals surface area contributed by atoms with E-state index in [9.17, 15) is 20.2 Å². The maximum Gasteiger partial charge on any atom is 0.273 e. The fraction of sp³-hybridized carbons (Fsp3) is 0.111. The van der Waals surface area contributed by atoms with Crippen LogP contribution in [0.2, 0.25) is 5.02 Å². The van der Waals surface area contributed by atoms with Crippen LogP contribution in [0.5, 0.6) is 0 Å². The molecule has 0 atom stereocenters. The molecule has 0 saturated heterocycles. The second kappa shape index (κ2) is 7.53. The average molecular weight is 341 g/mol. The number of nitrogens with zero attached hydrogens (tertiary/aromatic N) is 2. The predicted molar refractivity (Wildman–Crippen MR) is 91.8 cm³/mol. The van der Waals surface area contributed by atoms with Crippen molar-refractivity contribution in [2.24, 2.45) is 0 Å². The maximum atomic E-state index is 12.4. The smallest absolute Gasteiger partial charge is 0.273 e. The number of rotatable bonds is 5. The normalized spacial score (nSPS) is 11.0. The molecule has 0 fully saturated rings. The first-order valence-corrected chi connectivity index (χ1v) is 7.53. The van der Waals surface area contributed by atoms with Gasteiger partial charge in [-0.15, -0.1) is 0 Å². The van der Waals surface area contributed by atoms with Gasteiger partial charge in [-0.3, -0.25) is 14.9 Å². The van der Waals surface area contributed by atoms with Crippen LogP contribution < -0.4 is 0 Å². The summed E-state index contributed by atoms with van der Waals surface area (Å²) in [5.74, 6) is -0.462. The second-order valence-corrected chi connectivity index (χ2v) is 5.44. The van der Waals surface area contributed by atoms with Crippen molar-refractivity contribution < 1.29 is 9.72 Å². The van der Waals surface area contributed by atoms with E-state index in [2.05, 4.69) is 0 Å². The molecule has 120 valence electrons. The Kier molecular flexibility index (Phi) is 5.46. The maximum absolute atomic E-state index is 12.4. The van der Waals surface area contributed by atoms with Gasteiger partial charge in [-0.25, -0.2) is 0 Å². The predicted octanol–water partition coefficient (Wildman–Crippen LogP) is 4.60. The molecule has 0 spiro atoms. The second-order valence-electron chi connectivity index (χ2n) is 5.00. The SMILES string of the molecule is CCc1ccc(/C=C(\C#N)C(=O)c2ccc(Cl)cc2)cc1[N+](=O)[O-]. The highest BCUT2D eigenvalue weighted by atomic mass is 35.5. The lowest BCUT2D eigenvalue weighted by Gasteiger charge is -2.03. The molecule has 2 aromatic carbocycles. The molecule has 24 heavy (non-hydrogen) atoms. The number of nitriles is 1. The molecule has 5 nitrogen and oxygen atoms in total. The van der Waals surface area contributed by atoms with Crippen molar-refractivity contribution in [2.45, 2.75) is 13.3 Å². The van der Waals surface area contributed by atoms with E-state index in [0.717, 1.165) is 0 Å². The molecular formula is C18H13ClN2O3. The van der Waals surface area contributed by atoms with Crippen molar-refractivity contribution in [3.05, 3.63) is 79.9 Å². The molecule has 0 aromatic heterocycles. The first-order chi connectivity index (χ1) is 11.5. The molecule has 0 aliphatic rings. The van der Waals surface area contributed by atoms with E-state index in [1.807, 2.05) is 13.0 Å². The molecule has 0 radical (unpaired) electrons. The van der Waals surface area contributed by atoms with Gasteiger partial charge < -0.3 is 0 Å². The number of hydrogen-bond donors (Lipinski definition) is 0. The van der Waals surface area contributed by atoms with Crippen molar-refractivity contribution in [3.8, 4) is 6.07 Å². The minimum atomic E-state index is -0.469. The zero-order valence-corrected chi connectivity index (χ0v) is 13.6. The van der Waals surface area contributed by atoms with E-state index in [1.165, 1.54) is 24.3 Å². The minimum Gasteiger partial charge on any atom is -0.288 e. The highest BCUT2D eigenvalue weighted by Crippen LogP contribution is 2.23. The van der Waals surface area contributed by atoms with Crippen LogP contribution in [0.15, 0.2) is 48.0 Å². The van der Waals surface area contributed by atoms with Gasteiger partial charge >= 0.3 is 0 Å². The number of carbonyl (C=O) groups excluding carboxylic acids is 1. The van der Waals surface area contributed by atoms with Crippen LogP contribution in [0.3, 0.4) is 0 Å².